The van der Waals surface area contributed by atoms with Crippen LogP contribution in [0.5, 0.6) is 0 Å². The number of para-hydroxylation sites is 1. The Morgan fingerprint density at radius 2 is 1.65 bits per heavy atom. The van der Waals surface area contributed by atoms with Crippen LogP contribution in [-0.2, 0) is 6.54 Å². The molecule has 1 nitrogen and oxygen atoms in total. The summed E-state index contributed by atoms with van der Waals surface area (Å²) in [4.78, 5) is 0. The second kappa shape index (κ2) is 5.51. The summed E-state index contributed by atoms with van der Waals surface area (Å²) >= 11 is 6.01. The predicted molar refractivity (Wildman–Crippen MR) is 82.7 cm³/mol. The predicted octanol–water partition coefficient (Wildman–Crippen LogP) is 5.24. The lowest BCUT2D eigenvalue weighted by molar-refractivity contribution is 0.630. The maximum Gasteiger partial charge on any atom is 0.147 e. The van der Waals surface area contributed by atoms with E-state index in [1.54, 1.807) is 12.1 Å². The fraction of sp³-hybridized carbons (Fsp3) is 0.0588. The van der Waals surface area contributed by atoms with Crippen molar-refractivity contribution in [3.8, 4) is 0 Å². The van der Waals surface area contributed by atoms with Gasteiger partial charge in [-0.3, -0.25) is 0 Å². The molecule has 0 aromatic heterocycles. The number of hydrogen-bond donors (Lipinski definition) is 1. The van der Waals surface area contributed by atoms with E-state index < -0.39 is 0 Å². The van der Waals surface area contributed by atoms with Crippen molar-refractivity contribution in [2.75, 3.05) is 5.32 Å². The molecule has 20 heavy (non-hydrogen) atoms. The lowest BCUT2D eigenvalue weighted by atomic mass is 10.0. The van der Waals surface area contributed by atoms with Crippen LogP contribution >= 0.6 is 11.6 Å². The standard InChI is InChI=1S/C17H13ClFN/c18-15-9-4-10-16(19)17(15)20-11-13-7-3-6-12-5-1-2-8-14(12)13/h1-10,20H,11H2. The Hall–Kier alpha value is -2.06. The monoisotopic (exact) mass is 285 g/mol. The molecular formula is C17H13ClFN. The average molecular weight is 286 g/mol. The van der Waals surface area contributed by atoms with E-state index in [9.17, 15) is 4.39 Å². The molecule has 0 radical (unpaired) electrons. The lowest BCUT2D eigenvalue weighted by Gasteiger charge is -2.11. The summed E-state index contributed by atoms with van der Waals surface area (Å²) < 4.78 is 13.7. The molecule has 0 aliphatic rings. The van der Waals surface area contributed by atoms with Gasteiger partial charge in [0.2, 0.25) is 0 Å². The molecule has 100 valence electrons. The fourth-order valence-electron chi connectivity index (χ4n) is 2.30. The Morgan fingerprint density at radius 1 is 0.900 bits per heavy atom. The van der Waals surface area contributed by atoms with Crippen LogP contribution in [0.2, 0.25) is 5.02 Å². The second-order valence-corrected chi connectivity index (χ2v) is 5.00. The zero-order chi connectivity index (χ0) is 13.9. The number of hydrogen-bond acceptors (Lipinski definition) is 1. The molecule has 0 saturated carbocycles. The SMILES string of the molecule is Fc1cccc(Cl)c1NCc1cccc2ccccc12. The highest BCUT2D eigenvalue weighted by molar-refractivity contribution is 6.33. The lowest BCUT2D eigenvalue weighted by Crippen LogP contribution is -2.02. The van der Waals surface area contributed by atoms with Crippen molar-refractivity contribution in [1.29, 1.82) is 0 Å². The molecule has 3 heteroatoms. The second-order valence-electron chi connectivity index (χ2n) is 4.59. The molecule has 3 aromatic rings. The first-order chi connectivity index (χ1) is 9.75. The maximum atomic E-state index is 13.7. The Labute approximate surface area is 122 Å². The number of halogens is 2. The van der Waals surface area contributed by atoms with Gasteiger partial charge in [0.15, 0.2) is 0 Å². The van der Waals surface area contributed by atoms with Gasteiger partial charge in [-0.1, -0.05) is 60.1 Å². The van der Waals surface area contributed by atoms with Crippen LogP contribution in [0, 0.1) is 5.82 Å². The molecule has 0 unspecified atom stereocenters. The number of nitrogens with one attached hydrogen (secondary N) is 1. The molecule has 0 fully saturated rings. The Kier molecular flexibility index (Phi) is 3.57. The third-order valence-corrected chi connectivity index (χ3v) is 3.61. The van der Waals surface area contributed by atoms with Crippen molar-refractivity contribution >= 4 is 28.1 Å². The molecule has 3 rings (SSSR count). The summed E-state index contributed by atoms with van der Waals surface area (Å²) in [5.41, 5.74) is 1.46. The van der Waals surface area contributed by atoms with Gasteiger partial charge < -0.3 is 5.32 Å². The topological polar surface area (TPSA) is 12.0 Å². The minimum atomic E-state index is -0.335. The molecular weight excluding hydrogens is 273 g/mol. The van der Waals surface area contributed by atoms with Crippen LogP contribution in [0.15, 0.2) is 60.7 Å². The van der Waals surface area contributed by atoms with Gasteiger partial charge in [0, 0.05) is 6.54 Å². The molecule has 1 N–H and O–H groups in total. The highest BCUT2D eigenvalue weighted by atomic mass is 35.5. The van der Waals surface area contributed by atoms with Gasteiger partial charge in [0.05, 0.1) is 10.7 Å². The van der Waals surface area contributed by atoms with Crippen molar-refractivity contribution in [3.05, 3.63) is 77.1 Å². The van der Waals surface area contributed by atoms with Crippen LogP contribution in [0.3, 0.4) is 0 Å². The van der Waals surface area contributed by atoms with E-state index in [-0.39, 0.29) is 5.82 Å². The van der Waals surface area contributed by atoms with Crippen molar-refractivity contribution in [2.24, 2.45) is 0 Å². The molecule has 0 aliphatic carbocycles. The Bertz CT molecular complexity index is 729. The zero-order valence-corrected chi connectivity index (χ0v) is 11.5. The third-order valence-electron chi connectivity index (χ3n) is 3.30. The Morgan fingerprint density at radius 3 is 2.50 bits per heavy atom. The summed E-state index contributed by atoms with van der Waals surface area (Å²) in [6, 6.07) is 18.9. The van der Waals surface area contributed by atoms with E-state index in [4.69, 9.17) is 11.6 Å². The number of benzene rings is 3. The van der Waals surface area contributed by atoms with Gasteiger partial charge in [-0.05, 0) is 28.5 Å². The van der Waals surface area contributed by atoms with Crippen LogP contribution < -0.4 is 5.32 Å². The number of anilines is 1. The molecule has 0 amide bonds. The smallest absolute Gasteiger partial charge is 0.147 e. The van der Waals surface area contributed by atoms with Crippen LogP contribution in [0.4, 0.5) is 10.1 Å². The minimum Gasteiger partial charge on any atom is -0.377 e. The number of rotatable bonds is 3. The minimum absolute atomic E-state index is 0.335. The normalized spacial score (nSPS) is 10.7. The average Bonchev–Trinajstić information content (AvgIpc) is 2.47. The number of fused-ring (bicyclic) bond motifs is 1. The van der Waals surface area contributed by atoms with Crippen molar-refractivity contribution in [1.82, 2.24) is 0 Å². The van der Waals surface area contributed by atoms with E-state index in [1.807, 2.05) is 24.3 Å². The summed E-state index contributed by atoms with van der Waals surface area (Å²) in [6.45, 7) is 0.530. The van der Waals surface area contributed by atoms with Gasteiger partial charge in [-0.2, -0.15) is 0 Å². The third kappa shape index (κ3) is 2.47. The summed E-state index contributed by atoms with van der Waals surface area (Å²) in [5.74, 6) is -0.335. The first kappa shape index (κ1) is 12.9. The molecule has 0 aliphatic heterocycles. The van der Waals surface area contributed by atoms with Gasteiger partial charge in [0.1, 0.15) is 5.82 Å². The van der Waals surface area contributed by atoms with Crippen LogP contribution in [-0.4, -0.2) is 0 Å². The van der Waals surface area contributed by atoms with E-state index >= 15 is 0 Å². The van der Waals surface area contributed by atoms with Gasteiger partial charge in [-0.15, -0.1) is 0 Å². The van der Waals surface area contributed by atoms with E-state index in [2.05, 4.69) is 23.5 Å². The highest BCUT2D eigenvalue weighted by Crippen LogP contribution is 2.26. The van der Waals surface area contributed by atoms with Gasteiger partial charge in [0.25, 0.3) is 0 Å². The van der Waals surface area contributed by atoms with Gasteiger partial charge >= 0.3 is 0 Å². The zero-order valence-electron chi connectivity index (χ0n) is 10.7. The van der Waals surface area contributed by atoms with Gasteiger partial charge in [-0.25, -0.2) is 4.39 Å². The Balaban J connectivity index is 1.91. The fourth-order valence-corrected chi connectivity index (χ4v) is 2.53. The summed E-state index contributed by atoms with van der Waals surface area (Å²) in [6.07, 6.45) is 0. The summed E-state index contributed by atoms with van der Waals surface area (Å²) in [5, 5.41) is 5.81. The molecule has 3 aromatic carbocycles. The molecule has 0 bridgehead atoms. The first-order valence-electron chi connectivity index (χ1n) is 6.40. The van der Waals surface area contributed by atoms with E-state index in [0.717, 1.165) is 10.9 Å². The largest absolute Gasteiger partial charge is 0.377 e. The van der Waals surface area contributed by atoms with E-state index in [1.165, 1.54) is 11.5 Å². The van der Waals surface area contributed by atoms with Crippen molar-refractivity contribution < 1.29 is 4.39 Å². The quantitative estimate of drug-likeness (QED) is 0.693. The van der Waals surface area contributed by atoms with Crippen LogP contribution in [0.25, 0.3) is 10.8 Å². The molecule has 0 heterocycles. The maximum absolute atomic E-state index is 13.7. The van der Waals surface area contributed by atoms with E-state index in [0.29, 0.717) is 17.3 Å². The molecule has 0 atom stereocenters. The van der Waals surface area contributed by atoms with Crippen molar-refractivity contribution in [3.63, 3.8) is 0 Å². The highest BCUT2D eigenvalue weighted by Gasteiger charge is 2.07. The molecule has 0 spiro atoms. The van der Waals surface area contributed by atoms with Crippen LogP contribution in [0.1, 0.15) is 5.56 Å². The summed E-state index contributed by atoms with van der Waals surface area (Å²) in [7, 11) is 0. The first-order valence-corrected chi connectivity index (χ1v) is 6.78. The molecule has 0 saturated heterocycles. The van der Waals surface area contributed by atoms with Crippen molar-refractivity contribution in [2.45, 2.75) is 6.54 Å².